The maximum absolute atomic E-state index is 11.1. The highest BCUT2D eigenvalue weighted by Crippen LogP contribution is 2.22. The van der Waals surface area contributed by atoms with Crippen LogP contribution in [0.15, 0.2) is 24.6 Å². The Morgan fingerprint density at radius 3 is 2.25 bits per heavy atom. The number of amides is 1. The summed E-state index contributed by atoms with van der Waals surface area (Å²) in [5.74, 6) is 0.0625. The zero-order valence-corrected chi connectivity index (χ0v) is 18.8. The van der Waals surface area contributed by atoms with Gasteiger partial charge in [0, 0.05) is 13.3 Å². The first-order valence-corrected chi connectivity index (χ1v) is 11.8. The molecule has 162 valence electrons. The summed E-state index contributed by atoms with van der Waals surface area (Å²) < 4.78 is 0.946. The first kappa shape index (κ1) is 24.7. The van der Waals surface area contributed by atoms with Gasteiger partial charge in [0.05, 0.1) is 19.3 Å². The number of hydrogen-bond donors (Lipinski definition) is 2. The van der Waals surface area contributed by atoms with Crippen molar-refractivity contribution in [1.82, 2.24) is 10.6 Å². The van der Waals surface area contributed by atoms with E-state index in [0.717, 1.165) is 24.1 Å². The first-order chi connectivity index (χ1) is 13.6. The van der Waals surface area contributed by atoms with Crippen molar-refractivity contribution in [3.63, 3.8) is 0 Å². The van der Waals surface area contributed by atoms with Crippen LogP contribution in [0.1, 0.15) is 97.8 Å². The number of carbonyl (C=O) groups is 1. The molecule has 4 heteroatoms. The van der Waals surface area contributed by atoms with Gasteiger partial charge in [0.25, 0.3) is 0 Å². The largest absolute Gasteiger partial charge is 0.351 e. The number of rotatable bonds is 17. The van der Waals surface area contributed by atoms with E-state index < -0.39 is 0 Å². The molecule has 2 N–H and O–H groups in total. The number of carbonyl (C=O) groups excluding carboxylic acids is 1. The average Bonchev–Trinajstić information content (AvgIpc) is 3.08. The van der Waals surface area contributed by atoms with Crippen molar-refractivity contribution in [2.75, 3.05) is 19.6 Å². The van der Waals surface area contributed by atoms with E-state index >= 15 is 0 Å². The van der Waals surface area contributed by atoms with E-state index in [1.807, 2.05) is 0 Å². The van der Waals surface area contributed by atoms with Crippen LogP contribution in [0.3, 0.4) is 0 Å². The molecular formula is C24H46N3O+. The topological polar surface area (TPSA) is 41.1 Å². The minimum Gasteiger partial charge on any atom is -0.351 e. The molecule has 0 saturated heterocycles. The van der Waals surface area contributed by atoms with Crippen molar-refractivity contribution < 1.29 is 9.28 Å². The summed E-state index contributed by atoms with van der Waals surface area (Å²) in [7, 11) is 0. The maximum Gasteiger partial charge on any atom is 0.217 e. The van der Waals surface area contributed by atoms with E-state index in [4.69, 9.17) is 0 Å². The second-order valence-electron chi connectivity index (χ2n) is 8.29. The lowest BCUT2D eigenvalue weighted by Crippen LogP contribution is -2.55. The van der Waals surface area contributed by atoms with Crippen molar-refractivity contribution in [1.29, 1.82) is 0 Å². The lowest BCUT2D eigenvalue weighted by Gasteiger charge is -2.37. The van der Waals surface area contributed by atoms with Gasteiger partial charge in [0.15, 0.2) is 6.17 Å². The van der Waals surface area contributed by atoms with Crippen molar-refractivity contribution >= 4 is 5.91 Å². The molecule has 0 aromatic rings. The fourth-order valence-corrected chi connectivity index (χ4v) is 4.10. The van der Waals surface area contributed by atoms with Crippen molar-refractivity contribution in [3.05, 3.63) is 24.6 Å². The molecule has 4 nitrogen and oxygen atoms in total. The molecule has 0 aromatic heterocycles. The highest BCUT2D eigenvalue weighted by Gasteiger charge is 2.36. The van der Waals surface area contributed by atoms with Crippen LogP contribution in [0.2, 0.25) is 0 Å². The molecule has 1 aliphatic heterocycles. The quantitative estimate of drug-likeness (QED) is 0.192. The van der Waals surface area contributed by atoms with Crippen molar-refractivity contribution in [2.45, 2.75) is 104 Å². The number of quaternary nitrogens is 1. The standard InChI is InChI=1S/C24H45N3O/c1-4-6-7-8-9-10-11-12-13-14-15-16-17-18-24-26-20-22-27(24,5-2)21-19-25-23(3)28/h11-12,20,22,24,26H,4-10,13-19,21H2,1-3H3/p+1/b12-11+. The Morgan fingerprint density at radius 2 is 1.64 bits per heavy atom. The van der Waals surface area contributed by atoms with Gasteiger partial charge in [-0.1, -0.05) is 57.6 Å². The molecule has 0 bridgehead atoms. The van der Waals surface area contributed by atoms with Gasteiger partial charge < -0.3 is 10.6 Å². The number of nitrogens with one attached hydrogen (secondary N) is 2. The van der Waals surface area contributed by atoms with E-state index in [-0.39, 0.29) is 5.91 Å². The molecule has 2 atom stereocenters. The number of allylic oxidation sites excluding steroid dienone is 2. The fourth-order valence-electron chi connectivity index (χ4n) is 4.10. The number of likely N-dealkylation sites (N-methyl/N-ethyl adjacent to an activating group) is 1. The molecule has 0 fully saturated rings. The third kappa shape index (κ3) is 10.3. The Labute approximate surface area is 174 Å². The Kier molecular flexibility index (Phi) is 13.8. The van der Waals surface area contributed by atoms with Crippen LogP contribution in [-0.4, -0.2) is 36.2 Å². The SMILES string of the molecule is CCCCCCC/C=C/CCCCCCC1NC=C[N+]1(CC)CCNC(C)=O. The van der Waals surface area contributed by atoms with Gasteiger partial charge >= 0.3 is 0 Å². The van der Waals surface area contributed by atoms with Gasteiger partial charge in [0.1, 0.15) is 12.7 Å². The summed E-state index contributed by atoms with van der Waals surface area (Å²) >= 11 is 0. The zero-order valence-electron chi connectivity index (χ0n) is 18.8. The third-order valence-electron chi connectivity index (χ3n) is 6.01. The number of nitrogens with zero attached hydrogens (tertiary/aromatic N) is 1. The smallest absolute Gasteiger partial charge is 0.217 e. The van der Waals surface area contributed by atoms with Gasteiger partial charge in [-0.05, 0) is 39.0 Å². The van der Waals surface area contributed by atoms with Crippen LogP contribution < -0.4 is 10.6 Å². The molecule has 0 radical (unpaired) electrons. The molecule has 0 aromatic carbocycles. The lowest BCUT2D eigenvalue weighted by molar-refractivity contribution is -0.898. The monoisotopic (exact) mass is 392 g/mol. The van der Waals surface area contributed by atoms with E-state index in [0.29, 0.717) is 6.17 Å². The first-order valence-electron chi connectivity index (χ1n) is 11.8. The van der Waals surface area contributed by atoms with Crippen LogP contribution in [-0.2, 0) is 4.79 Å². The van der Waals surface area contributed by atoms with Crippen LogP contribution in [0, 0.1) is 0 Å². The molecular weight excluding hydrogens is 346 g/mol. The number of unbranched alkanes of at least 4 members (excludes halogenated alkanes) is 9. The number of hydrogen-bond acceptors (Lipinski definition) is 2. The highest BCUT2D eigenvalue weighted by molar-refractivity contribution is 5.72. The Bertz CT molecular complexity index is 461. The highest BCUT2D eigenvalue weighted by atomic mass is 16.1. The van der Waals surface area contributed by atoms with Crippen molar-refractivity contribution in [3.8, 4) is 0 Å². The van der Waals surface area contributed by atoms with Gasteiger partial charge in [-0.2, -0.15) is 0 Å². The Hall–Kier alpha value is -1.29. The molecule has 1 amide bonds. The van der Waals surface area contributed by atoms with E-state index in [1.165, 1.54) is 77.0 Å². The van der Waals surface area contributed by atoms with Gasteiger partial charge in [-0.15, -0.1) is 0 Å². The fraction of sp³-hybridized carbons (Fsp3) is 0.792. The predicted molar refractivity (Wildman–Crippen MR) is 121 cm³/mol. The normalized spacial score (nSPS) is 21.3. The summed E-state index contributed by atoms with van der Waals surface area (Å²) in [6, 6.07) is 0. The van der Waals surface area contributed by atoms with Crippen LogP contribution in [0.5, 0.6) is 0 Å². The molecule has 1 heterocycles. The second kappa shape index (κ2) is 15.6. The summed E-state index contributed by atoms with van der Waals surface area (Å²) in [6.07, 6.45) is 25.5. The summed E-state index contributed by atoms with van der Waals surface area (Å²) in [5.41, 5.74) is 0. The van der Waals surface area contributed by atoms with Crippen LogP contribution in [0.25, 0.3) is 0 Å². The molecule has 1 rings (SSSR count). The summed E-state index contributed by atoms with van der Waals surface area (Å²) in [6.45, 7) is 8.89. The molecule has 0 aliphatic carbocycles. The van der Waals surface area contributed by atoms with Crippen LogP contribution >= 0.6 is 0 Å². The van der Waals surface area contributed by atoms with E-state index in [9.17, 15) is 4.79 Å². The Morgan fingerprint density at radius 1 is 1.00 bits per heavy atom. The minimum atomic E-state index is 0.0625. The molecule has 28 heavy (non-hydrogen) atoms. The lowest BCUT2D eigenvalue weighted by atomic mass is 10.1. The third-order valence-corrected chi connectivity index (χ3v) is 6.01. The van der Waals surface area contributed by atoms with Crippen molar-refractivity contribution in [2.24, 2.45) is 0 Å². The zero-order chi connectivity index (χ0) is 20.5. The second-order valence-corrected chi connectivity index (χ2v) is 8.29. The van der Waals surface area contributed by atoms with Gasteiger partial charge in [-0.25, -0.2) is 0 Å². The maximum atomic E-state index is 11.1. The average molecular weight is 393 g/mol. The summed E-state index contributed by atoms with van der Waals surface area (Å²) in [5, 5.41) is 6.49. The van der Waals surface area contributed by atoms with E-state index in [2.05, 4.69) is 49.0 Å². The van der Waals surface area contributed by atoms with E-state index in [1.54, 1.807) is 6.92 Å². The van der Waals surface area contributed by atoms with Gasteiger partial charge in [-0.3, -0.25) is 9.28 Å². The minimum absolute atomic E-state index is 0.0625. The van der Waals surface area contributed by atoms with Crippen LogP contribution in [0.4, 0.5) is 0 Å². The molecule has 2 unspecified atom stereocenters. The Balaban J connectivity index is 2.07. The molecule has 0 spiro atoms. The molecule has 1 aliphatic rings. The molecule has 0 saturated carbocycles. The predicted octanol–water partition coefficient (Wildman–Crippen LogP) is 5.62. The van der Waals surface area contributed by atoms with Gasteiger partial charge in [0.2, 0.25) is 5.91 Å². The summed E-state index contributed by atoms with van der Waals surface area (Å²) in [4.78, 5) is 11.1.